The molecule has 6 aromatic carbocycles. The maximum Gasteiger partial charge on any atom is 0.297 e. The van der Waals surface area contributed by atoms with E-state index < -0.39 is 0 Å². The zero-order valence-electron chi connectivity index (χ0n) is 46.5. The quantitative estimate of drug-likeness (QED) is 0.164. The van der Waals surface area contributed by atoms with Crippen molar-refractivity contribution in [1.29, 1.82) is 0 Å². The van der Waals surface area contributed by atoms with Crippen LogP contribution in [-0.2, 0) is 37.9 Å². The molecule has 372 valence electrons. The number of para-hydroxylation sites is 2. The number of rotatable bonds is 4. The Bertz CT molecular complexity index is 3430. The van der Waals surface area contributed by atoms with Crippen LogP contribution in [0.4, 0.5) is 51.2 Å². The molecule has 0 saturated carbocycles. The Labute approximate surface area is 437 Å². The molecule has 73 heavy (non-hydrogen) atoms. The third-order valence-corrected chi connectivity index (χ3v) is 19.6. The standard InChI is InChI=1S/C68H76BN3O/c1-41-38-42(62(2,3)4)26-30-49(41)71-51-39-45(70(43-22-18-16-19-23-43)44-24-20-17-21-25-44)40-52-57(51)69(61-59(71)56-60(73-61)67(13,14)35-34-66(56,11)12)48-29-27-47-54-58(48)72(52)50-31-28-46-53(65(9,10)33-32-63(46,5)6)55(50)68(54,15)37-36-64(47,7)8/h16-31,38-40H,32-37H2,1-15H3. The van der Waals surface area contributed by atoms with Gasteiger partial charge in [-0.05, 0) is 171 Å². The number of furan rings is 1. The lowest BCUT2D eigenvalue weighted by Gasteiger charge is -2.56. The minimum Gasteiger partial charge on any atom is -0.472 e. The van der Waals surface area contributed by atoms with Gasteiger partial charge in [0.1, 0.15) is 5.76 Å². The maximum absolute atomic E-state index is 7.89. The van der Waals surface area contributed by atoms with Crippen molar-refractivity contribution in [3.05, 3.63) is 166 Å². The molecule has 1 unspecified atom stereocenters. The first-order chi connectivity index (χ1) is 34.4. The molecule has 6 aliphatic rings. The monoisotopic (exact) mass is 962 g/mol. The molecule has 0 saturated heterocycles. The normalized spacial score (nSPS) is 21.5. The summed E-state index contributed by atoms with van der Waals surface area (Å²) in [5.41, 5.74) is 26.3. The largest absolute Gasteiger partial charge is 0.472 e. The molecular weight excluding hydrogens is 886 g/mol. The molecule has 5 heteroatoms. The van der Waals surface area contributed by atoms with Crippen LogP contribution in [0.5, 0.6) is 0 Å². The molecule has 0 fully saturated rings. The summed E-state index contributed by atoms with van der Waals surface area (Å²) < 4.78 is 7.89. The molecule has 1 aromatic heterocycles. The lowest BCUT2D eigenvalue weighted by molar-refractivity contribution is 0.282. The summed E-state index contributed by atoms with van der Waals surface area (Å²) in [5, 5.41) is 0. The van der Waals surface area contributed by atoms with Crippen LogP contribution in [0.25, 0.3) is 0 Å². The van der Waals surface area contributed by atoms with Crippen LogP contribution in [0.3, 0.4) is 0 Å². The summed E-state index contributed by atoms with van der Waals surface area (Å²) in [4.78, 5) is 7.99. The summed E-state index contributed by atoms with van der Waals surface area (Å²) in [6.45, 7) is 36.8. The van der Waals surface area contributed by atoms with Crippen molar-refractivity contribution in [1.82, 2.24) is 0 Å². The highest BCUT2D eigenvalue weighted by molar-refractivity contribution is 6.99. The van der Waals surface area contributed by atoms with E-state index in [1.807, 2.05) is 0 Å². The first-order valence-electron chi connectivity index (χ1n) is 27.7. The SMILES string of the molecule is Cc1cc(C(C)(C)C)ccc1N1c2cc(N(c3ccccc3)c3ccccc3)cc3c2B(c2ccc4c5c2N3c2ccc3c(c2C5(C)CCC4(C)C)C(C)(C)CCC3(C)C)c2oc3c(c21)C(C)(C)CCC3(C)C. The van der Waals surface area contributed by atoms with Crippen molar-refractivity contribution in [3.63, 3.8) is 0 Å². The van der Waals surface area contributed by atoms with Crippen LogP contribution in [0.15, 0.2) is 120 Å². The Balaban J connectivity index is 1.23. The van der Waals surface area contributed by atoms with E-state index in [2.05, 4.69) is 234 Å². The van der Waals surface area contributed by atoms with E-state index in [1.165, 1.54) is 91.3 Å². The summed E-state index contributed by atoms with van der Waals surface area (Å²) >= 11 is 0. The molecule has 3 aliphatic heterocycles. The number of aryl methyl sites for hydroxylation is 1. The molecule has 1 atom stereocenters. The highest BCUT2D eigenvalue weighted by atomic mass is 16.3. The summed E-state index contributed by atoms with van der Waals surface area (Å²) in [6.07, 6.45) is 6.77. The van der Waals surface area contributed by atoms with Gasteiger partial charge in [-0.3, -0.25) is 0 Å². The molecule has 13 rings (SSSR count). The van der Waals surface area contributed by atoms with Crippen molar-refractivity contribution in [2.75, 3.05) is 14.7 Å². The van der Waals surface area contributed by atoms with Gasteiger partial charge in [0.05, 0.1) is 22.7 Å². The molecule has 7 aromatic rings. The molecule has 0 bridgehead atoms. The fourth-order valence-corrected chi connectivity index (χ4v) is 15.1. The van der Waals surface area contributed by atoms with Crippen LogP contribution < -0.4 is 31.3 Å². The van der Waals surface area contributed by atoms with Gasteiger partial charge in [0.25, 0.3) is 6.71 Å². The Morgan fingerprint density at radius 3 is 1.60 bits per heavy atom. The summed E-state index contributed by atoms with van der Waals surface area (Å²) in [7, 11) is 0. The van der Waals surface area contributed by atoms with E-state index in [-0.39, 0.29) is 44.6 Å². The number of fused-ring (bicyclic) bond motifs is 11. The summed E-state index contributed by atoms with van der Waals surface area (Å²) in [6, 6.07) is 44.7. The van der Waals surface area contributed by atoms with Gasteiger partial charge in [-0.1, -0.05) is 164 Å². The lowest BCUT2D eigenvalue weighted by Crippen LogP contribution is -2.63. The molecule has 0 spiro atoms. The topological polar surface area (TPSA) is 22.9 Å². The molecule has 4 heterocycles. The van der Waals surface area contributed by atoms with Crippen molar-refractivity contribution in [3.8, 4) is 0 Å². The van der Waals surface area contributed by atoms with E-state index >= 15 is 0 Å². The highest BCUT2D eigenvalue weighted by Gasteiger charge is 2.58. The van der Waals surface area contributed by atoms with Gasteiger partial charge in [-0.2, -0.15) is 0 Å². The third kappa shape index (κ3) is 6.39. The Kier molecular flexibility index (Phi) is 9.55. The number of hydrogen-bond acceptors (Lipinski definition) is 4. The average molecular weight is 962 g/mol. The Morgan fingerprint density at radius 2 is 1.00 bits per heavy atom. The number of hydrogen-bond donors (Lipinski definition) is 0. The number of anilines is 9. The fourth-order valence-electron chi connectivity index (χ4n) is 15.1. The fraction of sp³-hybridized carbons (Fsp3) is 0.412. The van der Waals surface area contributed by atoms with Gasteiger partial charge >= 0.3 is 0 Å². The zero-order chi connectivity index (χ0) is 51.3. The lowest BCUT2D eigenvalue weighted by atomic mass is 9.34. The van der Waals surface area contributed by atoms with Crippen LogP contribution in [0.2, 0.25) is 0 Å². The molecule has 0 amide bonds. The van der Waals surface area contributed by atoms with Crippen molar-refractivity contribution >= 4 is 74.5 Å². The number of nitrogens with zero attached hydrogens (tertiary/aromatic N) is 3. The van der Waals surface area contributed by atoms with Gasteiger partial charge in [-0.15, -0.1) is 0 Å². The highest BCUT2D eigenvalue weighted by Crippen LogP contribution is 2.65. The maximum atomic E-state index is 7.89. The van der Waals surface area contributed by atoms with E-state index in [1.54, 1.807) is 11.1 Å². The predicted molar refractivity (Wildman–Crippen MR) is 310 cm³/mol. The van der Waals surface area contributed by atoms with Gasteiger partial charge in [-0.25, -0.2) is 0 Å². The van der Waals surface area contributed by atoms with Crippen LogP contribution in [-0.4, -0.2) is 6.71 Å². The first-order valence-corrected chi connectivity index (χ1v) is 27.7. The first kappa shape index (κ1) is 46.8. The number of benzene rings is 6. The second-order valence-corrected chi connectivity index (χ2v) is 27.8. The predicted octanol–water partition coefficient (Wildman–Crippen LogP) is 16.8. The zero-order valence-corrected chi connectivity index (χ0v) is 46.5. The third-order valence-electron chi connectivity index (χ3n) is 19.6. The molecule has 0 N–H and O–H groups in total. The van der Waals surface area contributed by atoms with E-state index in [9.17, 15) is 0 Å². The Hall–Kier alpha value is -5.94. The van der Waals surface area contributed by atoms with E-state index in [0.29, 0.717) is 0 Å². The van der Waals surface area contributed by atoms with Gasteiger partial charge in [0.15, 0.2) is 0 Å². The molecular formula is C68H76BN3O. The van der Waals surface area contributed by atoms with Crippen molar-refractivity contribution in [2.45, 2.75) is 180 Å². The van der Waals surface area contributed by atoms with Crippen LogP contribution in [0, 0.1) is 6.92 Å². The second kappa shape index (κ2) is 14.9. The Morgan fingerprint density at radius 1 is 0.479 bits per heavy atom. The molecule has 0 radical (unpaired) electrons. The van der Waals surface area contributed by atoms with Crippen molar-refractivity contribution in [2.24, 2.45) is 0 Å². The van der Waals surface area contributed by atoms with Crippen LogP contribution >= 0.6 is 0 Å². The molecule has 3 aliphatic carbocycles. The second-order valence-electron chi connectivity index (χ2n) is 27.8. The average Bonchev–Trinajstić information content (AvgIpc) is 3.77. The minimum absolute atomic E-state index is 0.00372. The van der Waals surface area contributed by atoms with E-state index in [0.717, 1.165) is 54.2 Å². The van der Waals surface area contributed by atoms with Gasteiger partial charge < -0.3 is 19.1 Å². The van der Waals surface area contributed by atoms with Crippen LogP contribution in [0.1, 0.15) is 186 Å². The van der Waals surface area contributed by atoms with Gasteiger partial charge in [0.2, 0.25) is 0 Å². The van der Waals surface area contributed by atoms with E-state index in [4.69, 9.17) is 4.42 Å². The van der Waals surface area contributed by atoms with Crippen molar-refractivity contribution < 1.29 is 4.42 Å². The van der Waals surface area contributed by atoms with Gasteiger partial charge in [0, 0.05) is 50.5 Å². The summed E-state index contributed by atoms with van der Waals surface area (Å²) in [5.74, 6) is 1.16. The minimum atomic E-state index is -0.196. The smallest absolute Gasteiger partial charge is 0.297 e. The molecule has 4 nitrogen and oxygen atoms in total.